The molecule has 2 heteroatoms. The maximum Gasteiger partial charge on any atom is 0.0554 e. The third-order valence-corrected chi connectivity index (χ3v) is 2.19. The van der Waals surface area contributed by atoms with Gasteiger partial charge in [0.15, 0.2) is 0 Å². The van der Waals surface area contributed by atoms with Crippen LogP contribution in [0.1, 0.15) is 33.1 Å². The van der Waals surface area contributed by atoms with Crippen molar-refractivity contribution in [3.8, 4) is 0 Å². The van der Waals surface area contributed by atoms with E-state index in [0.29, 0.717) is 12.0 Å². The first-order chi connectivity index (χ1) is 5.83. The first-order valence-corrected chi connectivity index (χ1v) is 4.94. The zero-order valence-electron chi connectivity index (χ0n) is 8.12. The molecule has 70 valence electrons. The second-order valence-electron chi connectivity index (χ2n) is 3.55. The fourth-order valence-electron chi connectivity index (χ4n) is 1.43. The largest absolute Gasteiger partial charge is 0.378 e. The minimum absolute atomic E-state index is 0.438. The highest BCUT2D eigenvalue weighted by molar-refractivity contribution is 5.61. The van der Waals surface area contributed by atoms with Crippen LogP contribution in [0.2, 0.25) is 0 Å². The van der Waals surface area contributed by atoms with Crippen molar-refractivity contribution < 1.29 is 4.74 Å². The molecule has 2 nitrogen and oxygen atoms in total. The number of aliphatic imine (C=N–C) groups is 1. The second-order valence-corrected chi connectivity index (χ2v) is 3.55. The average molecular weight is 169 g/mol. The van der Waals surface area contributed by atoms with Crippen LogP contribution in [-0.2, 0) is 4.74 Å². The third kappa shape index (κ3) is 3.35. The van der Waals surface area contributed by atoms with Crippen LogP contribution in [0.5, 0.6) is 0 Å². The summed E-state index contributed by atoms with van der Waals surface area (Å²) in [5.41, 5.74) is 0. The molecule has 2 unspecified atom stereocenters. The van der Waals surface area contributed by atoms with Crippen LogP contribution in [0.25, 0.3) is 0 Å². The van der Waals surface area contributed by atoms with Crippen LogP contribution >= 0.6 is 0 Å². The predicted molar refractivity (Wildman–Crippen MR) is 51.8 cm³/mol. The molecular weight excluding hydrogens is 150 g/mol. The average Bonchev–Trinajstić information content (AvgIpc) is 2.45. The summed E-state index contributed by atoms with van der Waals surface area (Å²) < 4.78 is 5.43. The molecule has 0 amide bonds. The van der Waals surface area contributed by atoms with E-state index in [0.717, 1.165) is 19.6 Å². The fourth-order valence-corrected chi connectivity index (χ4v) is 1.43. The number of hydrogen-bond acceptors (Lipinski definition) is 2. The van der Waals surface area contributed by atoms with E-state index in [4.69, 9.17) is 4.74 Å². The molecule has 0 N–H and O–H groups in total. The summed E-state index contributed by atoms with van der Waals surface area (Å²) in [6.45, 7) is 6.17. The Bertz CT molecular complexity index is 145. The smallest absolute Gasteiger partial charge is 0.0554 e. The summed E-state index contributed by atoms with van der Waals surface area (Å²) in [6, 6.07) is 0. The van der Waals surface area contributed by atoms with Crippen molar-refractivity contribution in [3.63, 3.8) is 0 Å². The van der Waals surface area contributed by atoms with Crippen molar-refractivity contribution in [1.29, 1.82) is 0 Å². The summed E-state index contributed by atoms with van der Waals surface area (Å²) in [5.74, 6) is 0.580. The third-order valence-electron chi connectivity index (χ3n) is 2.19. The van der Waals surface area contributed by atoms with Gasteiger partial charge in [-0.2, -0.15) is 0 Å². The molecule has 0 aromatic carbocycles. The molecule has 0 radical (unpaired) electrons. The summed E-state index contributed by atoms with van der Waals surface area (Å²) in [4.78, 5) is 4.37. The molecule has 0 aliphatic carbocycles. The van der Waals surface area contributed by atoms with Crippen LogP contribution in [0, 0.1) is 5.92 Å². The van der Waals surface area contributed by atoms with Crippen LogP contribution in [-0.4, -0.2) is 25.5 Å². The first kappa shape index (κ1) is 9.72. The van der Waals surface area contributed by atoms with Gasteiger partial charge < -0.3 is 4.74 Å². The van der Waals surface area contributed by atoms with E-state index in [1.807, 2.05) is 0 Å². The molecular formula is C10H19NO. The van der Waals surface area contributed by atoms with Gasteiger partial charge >= 0.3 is 0 Å². The Morgan fingerprint density at radius 3 is 3.00 bits per heavy atom. The van der Waals surface area contributed by atoms with Crippen molar-refractivity contribution >= 4 is 6.21 Å². The molecule has 1 aliphatic rings. The Morgan fingerprint density at radius 1 is 1.58 bits per heavy atom. The minimum atomic E-state index is 0.438. The Morgan fingerprint density at radius 2 is 2.42 bits per heavy atom. The molecule has 1 aliphatic heterocycles. The molecule has 0 aromatic heterocycles. The minimum Gasteiger partial charge on any atom is -0.378 e. The van der Waals surface area contributed by atoms with E-state index in [2.05, 4.69) is 25.1 Å². The highest BCUT2D eigenvalue weighted by Crippen LogP contribution is 2.16. The highest BCUT2D eigenvalue weighted by atomic mass is 16.5. The monoisotopic (exact) mass is 169 g/mol. The van der Waals surface area contributed by atoms with E-state index in [1.54, 1.807) is 0 Å². The normalized spacial score (nSPS) is 30.2. The quantitative estimate of drug-likeness (QED) is 0.467. The Balaban J connectivity index is 2.10. The fraction of sp³-hybridized carbons (Fsp3) is 0.900. The molecule has 0 bridgehead atoms. The lowest BCUT2D eigenvalue weighted by Gasteiger charge is -1.97. The lowest BCUT2D eigenvalue weighted by Crippen LogP contribution is -2.01. The summed E-state index contributed by atoms with van der Waals surface area (Å²) in [7, 11) is 0. The van der Waals surface area contributed by atoms with Gasteiger partial charge in [-0.05, 0) is 19.8 Å². The van der Waals surface area contributed by atoms with Crippen molar-refractivity contribution in [2.24, 2.45) is 10.9 Å². The van der Waals surface area contributed by atoms with Gasteiger partial charge in [-0.15, -0.1) is 0 Å². The molecule has 1 fully saturated rings. The van der Waals surface area contributed by atoms with Crippen molar-refractivity contribution in [2.75, 3.05) is 13.2 Å². The summed E-state index contributed by atoms with van der Waals surface area (Å²) >= 11 is 0. The Hall–Kier alpha value is -0.370. The van der Waals surface area contributed by atoms with Crippen LogP contribution in [0.15, 0.2) is 4.99 Å². The summed E-state index contributed by atoms with van der Waals surface area (Å²) in [5, 5.41) is 0. The van der Waals surface area contributed by atoms with E-state index >= 15 is 0 Å². The summed E-state index contributed by atoms with van der Waals surface area (Å²) in [6.07, 6.45) is 6.11. The van der Waals surface area contributed by atoms with Crippen LogP contribution in [0.4, 0.5) is 0 Å². The number of unbranched alkanes of at least 4 members (excludes halogenated alkanes) is 1. The maximum atomic E-state index is 5.43. The second kappa shape index (κ2) is 5.31. The number of nitrogens with zero attached hydrogens (tertiary/aromatic N) is 1. The van der Waals surface area contributed by atoms with Gasteiger partial charge in [-0.3, -0.25) is 4.99 Å². The zero-order valence-corrected chi connectivity index (χ0v) is 8.12. The van der Waals surface area contributed by atoms with Gasteiger partial charge in [0, 0.05) is 18.7 Å². The molecule has 2 atom stereocenters. The van der Waals surface area contributed by atoms with Crippen LogP contribution in [0.3, 0.4) is 0 Å². The predicted octanol–water partition coefficient (Wildman–Crippen LogP) is 2.28. The lowest BCUT2D eigenvalue weighted by molar-refractivity contribution is 0.123. The zero-order chi connectivity index (χ0) is 8.81. The van der Waals surface area contributed by atoms with Crippen LogP contribution < -0.4 is 0 Å². The lowest BCUT2D eigenvalue weighted by atomic mass is 10.1. The van der Waals surface area contributed by atoms with Crippen molar-refractivity contribution in [3.05, 3.63) is 0 Å². The SMILES string of the molecule is CCCCN=CC1COC(C)C1. The topological polar surface area (TPSA) is 21.6 Å². The van der Waals surface area contributed by atoms with E-state index < -0.39 is 0 Å². The number of ether oxygens (including phenoxy) is 1. The highest BCUT2D eigenvalue weighted by Gasteiger charge is 2.19. The Kier molecular flexibility index (Phi) is 4.30. The maximum absolute atomic E-state index is 5.43. The van der Waals surface area contributed by atoms with Gasteiger partial charge in [-0.1, -0.05) is 13.3 Å². The molecule has 1 rings (SSSR count). The van der Waals surface area contributed by atoms with Crippen molar-refractivity contribution in [2.45, 2.75) is 39.2 Å². The molecule has 1 heterocycles. The van der Waals surface area contributed by atoms with Gasteiger partial charge in [0.25, 0.3) is 0 Å². The van der Waals surface area contributed by atoms with Crippen molar-refractivity contribution in [1.82, 2.24) is 0 Å². The number of hydrogen-bond donors (Lipinski definition) is 0. The van der Waals surface area contributed by atoms with E-state index in [9.17, 15) is 0 Å². The van der Waals surface area contributed by atoms with E-state index in [1.165, 1.54) is 12.8 Å². The Labute approximate surface area is 75.0 Å². The van der Waals surface area contributed by atoms with Gasteiger partial charge in [-0.25, -0.2) is 0 Å². The molecule has 1 saturated heterocycles. The molecule has 0 saturated carbocycles. The standard InChI is InChI=1S/C10H19NO/c1-3-4-5-11-7-10-6-9(2)12-8-10/h7,9-10H,3-6,8H2,1-2H3. The van der Waals surface area contributed by atoms with Gasteiger partial charge in [0.2, 0.25) is 0 Å². The van der Waals surface area contributed by atoms with Gasteiger partial charge in [0.05, 0.1) is 12.7 Å². The molecule has 0 aromatic rings. The number of rotatable bonds is 4. The molecule has 0 spiro atoms. The van der Waals surface area contributed by atoms with Gasteiger partial charge in [0.1, 0.15) is 0 Å². The first-order valence-electron chi connectivity index (χ1n) is 4.94. The molecule has 12 heavy (non-hydrogen) atoms. The van der Waals surface area contributed by atoms with E-state index in [-0.39, 0.29) is 0 Å².